The molecular formula is C12H23NO. The highest BCUT2D eigenvalue weighted by atomic mass is 16.3. The Morgan fingerprint density at radius 1 is 1.43 bits per heavy atom. The number of fused-ring (bicyclic) bond motifs is 2. The van der Waals surface area contributed by atoms with E-state index in [4.69, 9.17) is 5.73 Å². The fourth-order valence-electron chi connectivity index (χ4n) is 3.34. The lowest BCUT2D eigenvalue weighted by molar-refractivity contribution is 0.00587. The summed E-state index contributed by atoms with van der Waals surface area (Å²) >= 11 is 0. The van der Waals surface area contributed by atoms with Crippen LogP contribution < -0.4 is 5.73 Å². The van der Waals surface area contributed by atoms with E-state index < -0.39 is 5.60 Å². The van der Waals surface area contributed by atoms with Crippen LogP contribution in [0, 0.1) is 17.8 Å². The molecule has 0 aromatic heterocycles. The third-order valence-electron chi connectivity index (χ3n) is 4.54. The summed E-state index contributed by atoms with van der Waals surface area (Å²) in [6, 6.07) is -0.110. The van der Waals surface area contributed by atoms with E-state index in [0.717, 1.165) is 24.2 Å². The van der Waals surface area contributed by atoms with Crippen LogP contribution in [0.2, 0.25) is 0 Å². The molecule has 0 spiro atoms. The molecule has 2 aliphatic rings. The van der Waals surface area contributed by atoms with Crippen LogP contribution in [0.1, 0.15) is 46.0 Å². The van der Waals surface area contributed by atoms with E-state index >= 15 is 0 Å². The molecule has 14 heavy (non-hydrogen) atoms. The quantitative estimate of drug-likeness (QED) is 0.726. The van der Waals surface area contributed by atoms with Gasteiger partial charge in [0.1, 0.15) is 0 Å². The van der Waals surface area contributed by atoms with Crippen molar-refractivity contribution in [3.63, 3.8) is 0 Å². The first-order valence-electron chi connectivity index (χ1n) is 5.97. The van der Waals surface area contributed by atoms with E-state index in [9.17, 15) is 5.11 Å². The molecule has 2 bridgehead atoms. The van der Waals surface area contributed by atoms with Gasteiger partial charge < -0.3 is 10.8 Å². The number of nitrogens with two attached hydrogens (primary N) is 1. The van der Waals surface area contributed by atoms with E-state index in [1.807, 2.05) is 13.8 Å². The van der Waals surface area contributed by atoms with Crippen molar-refractivity contribution in [2.45, 2.75) is 57.6 Å². The first kappa shape index (κ1) is 10.4. The second kappa shape index (κ2) is 3.49. The second-order valence-corrected chi connectivity index (χ2v) is 5.78. The van der Waals surface area contributed by atoms with Crippen molar-refractivity contribution in [1.82, 2.24) is 0 Å². The number of aliphatic hydroxyl groups is 1. The second-order valence-electron chi connectivity index (χ2n) is 5.78. The minimum absolute atomic E-state index is 0.110. The van der Waals surface area contributed by atoms with Gasteiger partial charge in [-0.15, -0.1) is 0 Å². The molecule has 5 atom stereocenters. The van der Waals surface area contributed by atoms with Gasteiger partial charge in [-0.25, -0.2) is 0 Å². The molecule has 2 heteroatoms. The van der Waals surface area contributed by atoms with Gasteiger partial charge in [0.25, 0.3) is 0 Å². The predicted molar refractivity (Wildman–Crippen MR) is 57.8 cm³/mol. The molecule has 82 valence electrons. The van der Waals surface area contributed by atoms with E-state index in [1.165, 1.54) is 25.7 Å². The highest BCUT2D eigenvalue weighted by Crippen LogP contribution is 2.50. The maximum absolute atomic E-state index is 10.2. The molecule has 2 aliphatic carbocycles. The van der Waals surface area contributed by atoms with Gasteiger partial charge >= 0.3 is 0 Å². The molecule has 2 rings (SSSR count). The maximum Gasteiger partial charge on any atom is 0.0770 e. The summed E-state index contributed by atoms with van der Waals surface area (Å²) in [6.07, 6.45) is 6.49. The molecular weight excluding hydrogens is 174 g/mol. The Balaban J connectivity index is 1.92. The van der Waals surface area contributed by atoms with Crippen molar-refractivity contribution in [3.05, 3.63) is 0 Å². The highest BCUT2D eigenvalue weighted by Gasteiger charge is 2.42. The molecule has 0 heterocycles. The summed E-state index contributed by atoms with van der Waals surface area (Å²) in [4.78, 5) is 0. The highest BCUT2D eigenvalue weighted by molar-refractivity contribution is 4.94. The standard InChI is InChI=1S/C12H23NO/c1-8(13)12(2,14)7-11-6-9-3-4-10(11)5-9/h8-11,14H,3-7,13H2,1-2H3. The largest absolute Gasteiger partial charge is 0.389 e. The molecule has 0 aliphatic heterocycles. The van der Waals surface area contributed by atoms with E-state index in [0.29, 0.717) is 0 Å². The first-order valence-corrected chi connectivity index (χ1v) is 5.97. The molecule has 0 aromatic rings. The first-order chi connectivity index (χ1) is 6.49. The summed E-state index contributed by atoms with van der Waals surface area (Å²) in [5.41, 5.74) is 5.14. The zero-order valence-electron chi connectivity index (χ0n) is 9.37. The molecule has 2 fully saturated rings. The van der Waals surface area contributed by atoms with Crippen LogP contribution >= 0.6 is 0 Å². The number of rotatable bonds is 3. The lowest BCUT2D eigenvalue weighted by Crippen LogP contribution is -2.45. The summed E-state index contributed by atoms with van der Waals surface area (Å²) in [7, 11) is 0. The van der Waals surface area contributed by atoms with Crippen molar-refractivity contribution < 1.29 is 5.11 Å². The van der Waals surface area contributed by atoms with Crippen LogP contribution in [-0.4, -0.2) is 16.7 Å². The van der Waals surface area contributed by atoms with Gasteiger partial charge in [0.05, 0.1) is 5.60 Å². The fraction of sp³-hybridized carbons (Fsp3) is 1.00. The fourth-order valence-corrected chi connectivity index (χ4v) is 3.34. The van der Waals surface area contributed by atoms with Gasteiger partial charge in [-0.2, -0.15) is 0 Å². The zero-order chi connectivity index (χ0) is 10.3. The molecule has 2 saturated carbocycles. The Hall–Kier alpha value is -0.0800. The third-order valence-corrected chi connectivity index (χ3v) is 4.54. The Morgan fingerprint density at radius 3 is 2.57 bits per heavy atom. The van der Waals surface area contributed by atoms with Crippen molar-refractivity contribution in [2.24, 2.45) is 23.5 Å². The molecule has 3 N–H and O–H groups in total. The van der Waals surface area contributed by atoms with Crippen molar-refractivity contribution in [1.29, 1.82) is 0 Å². The lowest BCUT2D eigenvalue weighted by atomic mass is 9.79. The van der Waals surface area contributed by atoms with Crippen molar-refractivity contribution in [3.8, 4) is 0 Å². The Bertz CT molecular complexity index is 212. The van der Waals surface area contributed by atoms with Crippen molar-refractivity contribution in [2.75, 3.05) is 0 Å². The topological polar surface area (TPSA) is 46.2 Å². The average molecular weight is 197 g/mol. The number of hydrogen-bond acceptors (Lipinski definition) is 2. The van der Waals surface area contributed by atoms with Crippen LogP contribution in [0.25, 0.3) is 0 Å². The molecule has 5 unspecified atom stereocenters. The summed E-state index contributed by atoms with van der Waals surface area (Å²) < 4.78 is 0. The summed E-state index contributed by atoms with van der Waals surface area (Å²) in [5.74, 6) is 2.61. The Kier molecular flexibility index (Phi) is 2.61. The van der Waals surface area contributed by atoms with Gasteiger partial charge in [0, 0.05) is 6.04 Å². The number of hydrogen-bond donors (Lipinski definition) is 2. The Labute approximate surface area is 86.9 Å². The predicted octanol–water partition coefficient (Wildman–Crippen LogP) is 1.91. The van der Waals surface area contributed by atoms with E-state index in [1.54, 1.807) is 0 Å². The van der Waals surface area contributed by atoms with Gasteiger partial charge in [0.15, 0.2) is 0 Å². The van der Waals surface area contributed by atoms with Crippen LogP contribution in [0.15, 0.2) is 0 Å². The molecule has 2 nitrogen and oxygen atoms in total. The average Bonchev–Trinajstić information content (AvgIpc) is 2.63. The minimum Gasteiger partial charge on any atom is -0.389 e. The molecule has 0 amide bonds. The van der Waals surface area contributed by atoms with E-state index in [2.05, 4.69) is 0 Å². The normalized spacial score (nSPS) is 42.4. The molecule has 0 aromatic carbocycles. The maximum atomic E-state index is 10.2. The van der Waals surface area contributed by atoms with Crippen LogP contribution in [-0.2, 0) is 0 Å². The van der Waals surface area contributed by atoms with E-state index in [-0.39, 0.29) is 6.04 Å². The summed E-state index contributed by atoms with van der Waals surface area (Å²) in [5, 5.41) is 10.2. The smallest absolute Gasteiger partial charge is 0.0770 e. The SMILES string of the molecule is CC(N)C(C)(O)CC1CC2CCC1C2. The van der Waals surface area contributed by atoms with Crippen LogP contribution in [0.4, 0.5) is 0 Å². The Morgan fingerprint density at radius 2 is 2.14 bits per heavy atom. The van der Waals surface area contributed by atoms with Crippen LogP contribution in [0.3, 0.4) is 0 Å². The monoisotopic (exact) mass is 197 g/mol. The van der Waals surface area contributed by atoms with Crippen LogP contribution in [0.5, 0.6) is 0 Å². The van der Waals surface area contributed by atoms with Gasteiger partial charge in [0.2, 0.25) is 0 Å². The molecule has 0 saturated heterocycles. The van der Waals surface area contributed by atoms with Crippen molar-refractivity contribution >= 4 is 0 Å². The lowest BCUT2D eigenvalue weighted by Gasteiger charge is -2.33. The minimum atomic E-state index is -0.658. The zero-order valence-corrected chi connectivity index (χ0v) is 9.37. The third kappa shape index (κ3) is 1.82. The van der Waals surface area contributed by atoms with Gasteiger partial charge in [-0.3, -0.25) is 0 Å². The van der Waals surface area contributed by atoms with Gasteiger partial charge in [-0.1, -0.05) is 6.42 Å². The summed E-state index contributed by atoms with van der Waals surface area (Å²) in [6.45, 7) is 3.80. The molecule has 0 radical (unpaired) electrons. The van der Waals surface area contributed by atoms with Gasteiger partial charge in [-0.05, 0) is 57.3 Å².